The molecule has 0 saturated carbocycles. The second-order valence-electron chi connectivity index (χ2n) is 3.74. The summed E-state index contributed by atoms with van der Waals surface area (Å²) < 4.78 is 22.4. The van der Waals surface area contributed by atoms with Crippen molar-refractivity contribution in [2.24, 2.45) is 0 Å². The zero-order valence-corrected chi connectivity index (χ0v) is 11.0. The van der Waals surface area contributed by atoms with Crippen LogP contribution in [0.2, 0.25) is 0 Å². The highest BCUT2D eigenvalue weighted by Gasteiger charge is 2.33. The van der Waals surface area contributed by atoms with Crippen LogP contribution in [0, 0.1) is 13.8 Å². The third-order valence-electron chi connectivity index (χ3n) is 2.04. The van der Waals surface area contributed by atoms with Crippen molar-refractivity contribution in [2.45, 2.75) is 13.8 Å². The van der Waals surface area contributed by atoms with Crippen LogP contribution in [0.4, 0.5) is 4.53 Å². The van der Waals surface area contributed by atoms with Gasteiger partial charge >= 0.3 is 7.32 Å². The summed E-state index contributed by atoms with van der Waals surface area (Å²) in [5.74, 6) is 0.576. The van der Waals surface area contributed by atoms with E-state index in [4.69, 9.17) is 8.75 Å². The van der Waals surface area contributed by atoms with E-state index in [-0.39, 0.29) is 5.75 Å². The van der Waals surface area contributed by atoms with E-state index in [0.717, 1.165) is 0 Å². The largest absolute Gasteiger partial charge is 0.792 e. The van der Waals surface area contributed by atoms with Gasteiger partial charge in [0, 0.05) is 0 Å². The van der Waals surface area contributed by atoms with Crippen LogP contribution in [0.25, 0.3) is 0 Å². The Morgan fingerprint density at radius 1 is 1.24 bits per heavy atom. The van der Waals surface area contributed by atoms with Crippen molar-refractivity contribution < 1.29 is 23.2 Å². The maximum absolute atomic E-state index is 12.2. The summed E-state index contributed by atoms with van der Waals surface area (Å²) in [6, 6.07) is 3.17. The lowest BCUT2D eigenvalue weighted by atomic mass is 10.1. The molecular weight excluding hydrogens is 246 g/mol. The van der Waals surface area contributed by atoms with E-state index in [9.17, 15) is 9.63 Å². The summed E-state index contributed by atoms with van der Waals surface area (Å²) in [5.41, 5.74) is 1.29. The molecule has 0 spiro atoms. The molecular formula is C10H15BFO4S+. The van der Waals surface area contributed by atoms with E-state index < -0.39 is 18.5 Å². The molecule has 0 fully saturated rings. The minimum absolute atomic E-state index is 0.196. The Balaban J connectivity index is 2.79. The number of halogens is 1. The van der Waals surface area contributed by atoms with Crippen molar-refractivity contribution in [3.63, 3.8) is 0 Å². The van der Waals surface area contributed by atoms with Gasteiger partial charge < -0.3 is 9.76 Å². The molecule has 0 amide bonds. The molecule has 0 unspecified atom stereocenters. The van der Waals surface area contributed by atoms with Crippen molar-refractivity contribution in [1.29, 1.82) is 0 Å². The summed E-state index contributed by atoms with van der Waals surface area (Å²) in [5, 5.41) is 9.58. The van der Waals surface area contributed by atoms with Gasteiger partial charge in [-0.15, -0.1) is 4.10 Å². The first kappa shape index (κ1) is 14.1. The van der Waals surface area contributed by atoms with Gasteiger partial charge in [-0.3, -0.25) is 0 Å². The highest BCUT2D eigenvalue weighted by molar-refractivity contribution is 7.91. The van der Waals surface area contributed by atoms with Gasteiger partial charge in [-0.05, 0) is 37.1 Å². The number of phenolic OH excluding ortho intramolecular Hbond substituents is 1. The molecule has 0 saturated heterocycles. The SMILES string of the molecule is Cc1cc(OB(OF)O[S+](C)C)cc(C)c1O. The van der Waals surface area contributed by atoms with E-state index in [1.54, 1.807) is 38.5 Å². The van der Waals surface area contributed by atoms with Gasteiger partial charge in [0.05, 0.1) is 0 Å². The maximum Gasteiger partial charge on any atom is 0.792 e. The van der Waals surface area contributed by atoms with Crippen LogP contribution >= 0.6 is 0 Å². The first-order chi connectivity index (χ1) is 7.93. The van der Waals surface area contributed by atoms with Crippen LogP contribution in [0.15, 0.2) is 12.1 Å². The van der Waals surface area contributed by atoms with Gasteiger partial charge in [-0.25, -0.2) is 0 Å². The van der Waals surface area contributed by atoms with Crippen LogP contribution in [-0.2, 0) is 20.1 Å². The van der Waals surface area contributed by atoms with E-state index in [1.165, 1.54) is 0 Å². The van der Waals surface area contributed by atoms with E-state index in [2.05, 4.69) is 4.86 Å². The van der Waals surface area contributed by atoms with E-state index >= 15 is 0 Å². The number of hydrogen-bond acceptors (Lipinski definition) is 4. The van der Waals surface area contributed by atoms with Crippen molar-refractivity contribution in [3.05, 3.63) is 23.3 Å². The fourth-order valence-electron chi connectivity index (χ4n) is 1.31. The lowest BCUT2D eigenvalue weighted by Crippen LogP contribution is -2.30. The van der Waals surface area contributed by atoms with E-state index in [0.29, 0.717) is 16.9 Å². The molecule has 0 aromatic heterocycles. The van der Waals surface area contributed by atoms with Gasteiger partial charge in [0.1, 0.15) is 35.2 Å². The molecule has 0 atom stereocenters. The minimum Gasteiger partial charge on any atom is -0.508 e. The third kappa shape index (κ3) is 4.10. The summed E-state index contributed by atoms with van der Waals surface area (Å²) in [6.07, 6.45) is 3.53. The van der Waals surface area contributed by atoms with Crippen LogP contribution in [0.1, 0.15) is 11.1 Å². The molecule has 0 aliphatic heterocycles. The zero-order chi connectivity index (χ0) is 13.0. The van der Waals surface area contributed by atoms with Crippen LogP contribution in [-0.4, -0.2) is 24.9 Å². The number of aryl methyl sites for hydroxylation is 2. The smallest absolute Gasteiger partial charge is 0.508 e. The number of aromatic hydroxyl groups is 1. The molecule has 1 rings (SSSR count). The molecule has 1 N–H and O–H groups in total. The first-order valence-electron chi connectivity index (χ1n) is 4.93. The van der Waals surface area contributed by atoms with E-state index in [1.807, 2.05) is 0 Å². The predicted octanol–water partition coefficient (Wildman–Crippen LogP) is 2.08. The fourth-order valence-corrected chi connectivity index (χ4v) is 1.69. The lowest BCUT2D eigenvalue weighted by Gasteiger charge is -2.11. The average Bonchev–Trinajstić information content (AvgIpc) is 2.24. The van der Waals surface area contributed by atoms with Gasteiger partial charge in [0.25, 0.3) is 0 Å². The second-order valence-corrected chi connectivity index (χ2v) is 5.41. The molecule has 1 aromatic carbocycles. The molecule has 4 nitrogen and oxygen atoms in total. The number of phenols is 1. The Labute approximate surface area is 103 Å². The Kier molecular flexibility index (Phi) is 5.11. The molecule has 0 radical (unpaired) electrons. The summed E-state index contributed by atoms with van der Waals surface area (Å²) >= 11 is -0.474. The molecule has 7 heteroatoms. The normalized spacial score (nSPS) is 10.7. The van der Waals surface area contributed by atoms with Crippen LogP contribution in [0.5, 0.6) is 11.5 Å². The van der Waals surface area contributed by atoms with Crippen molar-refractivity contribution in [1.82, 2.24) is 0 Å². The molecule has 1 aromatic rings. The standard InChI is InChI=1S/C10H14BFO4S/c1-7-5-9(6-8(2)10(7)13)14-11(15-12)16-17(3)4/h5-6H,1-4H3/p+1. The predicted molar refractivity (Wildman–Crippen MR) is 66.5 cm³/mol. The Morgan fingerprint density at radius 2 is 1.76 bits per heavy atom. The molecule has 0 bridgehead atoms. The van der Waals surface area contributed by atoms with Gasteiger partial charge in [-0.2, -0.15) is 4.86 Å². The topological polar surface area (TPSA) is 47.9 Å². The van der Waals surface area contributed by atoms with Crippen LogP contribution < -0.4 is 4.65 Å². The second kappa shape index (κ2) is 6.14. The Bertz CT molecular complexity index is 366. The number of rotatable bonds is 5. The third-order valence-corrected chi connectivity index (χ3v) is 2.58. The highest BCUT2D eigenvalue weighted by atomic mass is 32.2. The van der Waals surface area contributed by atoms with Crippen molar-refractivity contribution >= 4 is 18.5 Å². The number of benzene rings is 1. The summed E-state index contributed by atoms with van der Waals surface area (Å²) in [4.78, 5) is 3.58. The monoisotopic (exact) mass is 261 g/mol. The molecule has 94 valence electrons. The van der Waals surface area contributed by atoms with Gasteiger partial charge in [0.15, 0.2) is 0 Å². The fraction of sp³-hybridized carbons (Fsp3) is 0.400. The van der Waals surface area contributed by atoms with Gasteiger partial charge in [-0.1, -0.05) is 4.53 Å². The van der Waals surface area contributed by atoms with Crippen LogP contribution in [0.3, 0.4) is 0 Å². The molecule has 0 aliphatic rings. The van der Waals surface area contributed by atoms with Crippen molar-refractivity contribution in [3.8, 4) is 11.5 Å². The zero-order valence-electron chi connectivity index (χ0n) is 10.2. The average molecular weight is 261 g/mol. The Morgan fingerprint density at radius 3 is 2.18 bits per heavy atom. The molecule has 0 aliphatic carbocycles. The van der Waals surface area contributed by atoms with Gasteiger partial charge in [0.2, 0.25) is 0 Å². The number of hydrogen-bond donors (Lipinski definition) is 1. The summed E-state index contributed by atoms with van der Waals surface area (Å²) in [6.45, 7) is 3.46. The van der Waals surface area contributed by atoms with Crippen molar-refractivity contribution in [2.75, 3.05) is 12.5 Å². The highest BCUT2D eigenvalue weighted by Crippen LogP contribution is 2.27. The molecule has 0 heterocycles. The first-order valence-corrected chi connectivity index (χ1v) is 6.89. The quantitative estimate of drug-likeness (QED) is 0.651. The lowest BCUT2D eigenvalue weighted by molar-refractivity contribution is -0.0479. The maximum atomic E-state index is 12.2. The minimum atomic E-state index is -1.39. The summed E-state index contributed by atoms with van der Waals surface area (Å²) in [7, 11) is -1.39. The Hall–Kier alpha value is -0.915. The molecule has 17 heavy (non-hydrogen) atoms.